The monoisotopic (exact) mass is 987 g/mol. The van der Waals surface area contributed by atoms with E-state index in [-0.39, 0.29) is 40.9 Å². The summed E-state index contributed by atoms with van der Waals surface area (Å²) >= 11 is 0. The second kappa shape index (κ2) is 19.7. The lowest BCUT2D eigenvalue weighted by molar-refractivity contribution is -0.346. The van der Waals surface area contributed by atoms with E-state index in [1.165, 1.54) is 50.2 Å². The van der Waals surface area contributed by atoms with Crippen LogP contribution in [0.25, 0.3) is 0 Å². The van der Waals surface area contributed by atoms with Gasteiger partial charge in [-0.2, -0.15) is 0 Å². The van der Waals surface area contributed by atoms with Crippen molar-refractivity contribution in [1.82, 2.24) is 5.32 Å². The molecule has 4 aromatic rings. The van der Waals surface area contributed by atoms with Crippen LogP contribution in [0, 0.1) is 16.7 Å². The number of esters is 5. The molecule has 11 atom stereocenters. The molecule has 3 fully saturated rings. The Hall–Kier alpha value is -7.25. The number of hydrazine groups is 1. The number of hydrogen-bond donors (Lipinski definition) is 5. The molecule has 0 radical (unpaired) electrons. The minimum Gasteiger partial charge on any atom is -0.455 e. The van der Waals surface area contributed by atoms with Crippen molar-refractivity contribution in [3.8, 4) is 0 Å². The fourth-order valence-corrected chi connectivity index (χ4v) is 11.2. The van der Waals surface area contributed by atoms with E-state index in [9.17, 15) is 34.2 Å². The first kappa shape index (κ1) is 51.1. The van der Waals surface area contributed by atoms with Crippen molar-refractivity contribution in [3.05, 3.63) is 149 Å². The molecule has 72 heavy (non-hydrogen) atoms. The minimum absolute atomic E-state index is 0.00851. The van der Waals surface area contributed by atoms with Crippen molar-refractivity contribution < 1.29 is 72.2 Å². The van der Waals surface area contributed by atoms with Gasteiger partial charge in [-0.25, -0.2) is 14.4 Å². The summed E-state index contributed by atoms with van der Waals surface area (Å²) in [5, 5.41) is 29.0. The van der Waals surface area contributed by atoms with Crippen molar-refractivity contribution in [1.29, 1.82) is 0 Å². The largest absolute Gasteiger partial charge is 0.455 e. The van der Waals surface area contributed by atoms with Crippen LogP contribution in [-0.4, -0.2) is 106 Å². The molecular weight excluding hydrogens is 931 g/mol. The van der Waals surface area contributed by atoms with E-state index < -0.39 is 119 Å². The quantitative estimate of drug-likeness (QED) is 0.0393. The van der Waals surface area contributed by atoms with Gasteiger partial charge in [0.2, 0.25) is 6.10 Å². The third-order valence-electron chi connectivity index (χ3n) is 15.0. The van der Waals surface area contributed by atoms with Crippen molar-refractivity contribution >= 4 is 47.2 Å². The summed E-state index contributed by atoms with van der Waals surface area (Å²) in [5.74, 6) is -2.51. The molecule has 8 rings (SSSR count). The number of aliphatic hydroxyl groups excluding tert-OH is 1. The SMILES string of the molecule is CC(=O)OC1C(=O)[C@@]2(C)[C@H]([C@H](OC(=O)c3ccccc3)[C@]3(O)C[C@H](OC(=O)[C@H](OC(=O)c4ccc(NN)cc4)[C@@H](NC(=O)c4ccccc4)c4ccccc4)C(C)=C1C3(C)C)[C@]1(OC(C)=O)CO[C@@H]1C[C@@H]2O. The molecule has 18 nitrogen and oxygen atoms in total. The van der Waals surface area contributed by atoms with Gasteiger partial charge in [-0.05, 0) is 79.1 Å². The van der Waals surface area contributed by atoms with Gasteiger partial charge in [0.15, 0.2) is 17.5 Å². The zero-order valence-corrected chi connectivity index (χ0v) is 40.5. The smallest absolute Gasteiger partial charge is 0.350 e. The van der Waals surface area contributed by atoms with E-state index in [1.807, 2.05) is 0 Å². The lowest BCUT2D eigenvalue weighted by Gasteiger charge is -2.67. The van der Waals surface area contributed by atoms with Gasteiger partial charge in [-0.15, -0.1) is 0 Å². The Labute approximate surface area is 415 Å². The summed E-state index contributed by atoms with van der Waals surface area (Å²) in [6.45, 7) is 7.87. The van der Waals surface area contributed by atoms with Crippen LogP contribution in [0.4, 0.5) is 5.69 Å². The Morgan fingerprint density at radius 1 is 0.764 bits per heavy atom. The third kappa shape index (κ3) is 8.92. The standard InChI is InChI=1S/C54H57N3O15/c1-29-37(69-50(65)43(70-48(63)35-22-24-36(57-55)25-23-35)41(32-16-10-7-11-17-32)56-47(62)33-18-12-8-13-19-33)27-54(66)46(71-49(64)34-20-14-9-15-21-34)44-52(6,38(60)26-39-53(44,28-67-39)72-31(3)59)45(61)42(68-30(2)58)40(29)51(54,4)5/h7-25,37-39,41-44,46,57,60,66H,26-28,55H2,1-6H3,(H,56,62)/t37-,38-,39+,41-,42?,43+,44-,46-,52+,53-,54+/m0/s1. The number of amides is 1. The summed E-state index contributed by atoms with van der Waals surface area (Å²) in [5.41, 5.74) is -4.57. The third-order valence-corrected chi connectivity index (χ3v) is 15.0. The van der Waals surface area contributed by atoms with Crippen molar-refractivity contribution in [2.75, 3.05) is 12.0 Å². The Morgan fingerprint density at radius 3 is 1.90 bits per heavy atom. The van der Waals surface area contributed by atoms with Crippen LogP contribution in [0.1, 0.15) is 97.1 Å². The summed E-state index contributed by atoms with van der Waals surface area (Å²) in [7, 11) is 0. The highest BCUT2D eigenvalue weighted by Gasteiger charge is 2.78. The Morgan fingerprint density at radius 2 is 1.35 bits per heavy atom. The van der Waals surface area contributed by atoms with E-state index in [0.29, 0.717) is 11.3 Å². The Kier molecular flexibility index (Phi) is 14.0. The van der Waals surface area contributed by atoms with E-state index in [4.69, 9.17) is 34.3 Å². The Bertz CT molecular complexity index is 2790. The molecule has 2 saturated carbocycles. The topological polar surface area (TPSA) is 265 Å². The maximum Gasteiger partial charge on any atom is 0.350 e. The molecule has 1 saturated heterocycles. The number of Topliss-reactive ketones (excluding diaryl/α,β-unsaturated/α-hetero) is 1. The first-order valence-electron chi connectivity index (χ1n) is 23.5. The van der Waals surface area contributed by atoms with E-state index in [2.05, 4.69) is 10.7 Å². The second-order valence-corrected chi connectivity index (χ2v) is 19.5. The lowest BCUT2D eigenvalue weighted by atomic mass is 9.44. The number of carbonyl (C=O) groups excluding carboxylic acids is 7. The van der Waals surface area contributed by atoms with Gasteiger partial charge >= 0.3 is 29.8 Å². The number of hydrogen-bond acceptors (Lipinski definition) is 17. The molecule has 378 valence electrons. The zero-order valence-electron chi connectivity index (χ0n) is 40.5. The normalized spacial score (nSPS) is 28.9. The van der Waals surface area contributed by atoms with Crippen molar-refractivity contribution in [2.45, 2.75) is 108 Å². The van der Waals surface area contributed by atoms with E-state index in [1.54, 1.807) is 92.7 Å². The summed E-state index contributed by atoms with van der Waals surface area (Å²) in [6.07, 6.45) is -10.9. The molecule has 1 aliphatic heterocycles. The molecular formula is C54H57N3O15. The van der Waals surface area contributed by atoms with Gasteiger partial charge in [-0.1, -0.05) is 80.6 Å². The van der Waals surface area contributed by atoms with Crippen LogP contribution in [0.15, 0.2) is 126 Å². The van der Waals surface area contributed by atoms with Gasteiger partial charge in [0.25, 0.3) is 5.91 Å². The maximum atomic E-state index is 15.8. The van der Waals surface area contributed by atoms with E-state index >= 15 is 9.59 Å². The van der Waals surface area contributed by atoms with Crippen molar-refractivity contribution in [2.24, 2.45) is 22.6 Å². The average molecular weight is 988 g/mol. The molecule has 1 amide bonds. The highest BCUT2D eigenvalue weighted by Crippen LogP contribution is 2.64. The van der Waals surface area contributed by atoms with Crippen LogP contribution in [0.3, 0.4) is 0 Å². The summed E-state index contributed by atoms with van der Waals surface area (Å²) in [4.78, 5) is 100. The molecule has 6 N–H and O–H groups in total. The number of ketones is 1. The fraction of sp³-hybridized carbons (Fsp3) is 0.389. The number of anilines is 1. The van der Waals surface area contributed by atoms with Gasteiger partial charge in [0, 0.05) is 43.4 Å². The molecule has 18 heteroatoms. The second-order valence-electron chi connectivity index (χ2n) is 19.5. The number of benzene rings is 4. The van der Waals surface area contributed by atoms with Crippen LogP contribution < -0.4 is 16.6 Å². The highest BCUT2D eigenvalue weighted by molar-refractivity contribution is 5.97. The number of aliphatic hydroxyl groups is 2. The molecule has 2 bridgehead atoms. The van der Waals surface area contributed by atoms with Crippen molar-refractivity contribution in [3.63, 3.8) is 0 Å². The summed E-state index contributed by atoms with van der Waals surface area (Å²) < 4.78 is 36.9. The first-order valence-corrected chi connectivity index (χ1v) is 23.5. The Balaban J connectivity index is 1.31. The number of nitrogens with two attached hydrogens (primary N) is 1. The van der Waals surface area contributed by atoms with Crippen LogP contribution >= 0.6 is 0 Å². The van der Waals surface area contributed by atoms with Crippen LogP contribution in [0.2, 0.25) is 0 Å². The van der Waals surface area contributed by atoms with Crippen LogP contribution in [-0.2, 0) is 47.6 Å². The van der Waals surface area contributed by atoms with Gasteiger partial charge < -0.3 is 49.4 Å². The number of rotatable bonds is 13. The highest BCUT2D eigenvalue weighted by atomic mass is 16.6. The first-order chi connectivity index (χ1) is 34.2. The van der Waals surface area contributed by atoms with Gasteiger partial charge in [-0.3, -0.25) is 25.0 Å². The molecule has 4 aromatic carbocycles. The fourth-order valence-electron chi connectivity index (χ4n) is 11.2. The molecule has 1 unspecified atom stereocenters. The molecule has 4 aliphatic rings. The van der Waals surface area contributed by atoms with Gasteiger partial charge in [0.05, 0.1) is 35.2 Å². The predicted octanol–water partition coefficient (Wildman–Crippen LogP) is 4.89. The zero-order chi connectivity index (χ0) is 51.9. The molecule has 0 spiro atoms. The number of fused-ring (bicyclic) bond motifs is 5. The number of ether oxygens (including phenoxy) is 6. The number of carbonyl (C=O) groups is 7. The number of nitrogens with one attached hydrogen (secondary N) is 2. The average Bonchev–Trinajstić information content (AvgIpc) is 3.36. The number of nitrogen functional groups attached to an aromatic ring is 1. The minimum atomic E-state index is -2.47. The van der Waals surface area contributed by atoms with E-state index in [0.717, 1.165) is 13.8 Å². The van der Waals surface area contributed by atoms with Crippen LogP contribution in [0.5, 0.6) is 0 Å². The predicted molar refractivity (Wildman–Crippen MR) is 255 cm³/mol. The maximum absolute atomic E-state index is 15.8. The van der Waals surface area contributed by atoms with Gasteiger partial charge in [0.1, 0.15) is 30.0 Å². The molecule has 1 heterocycles. The molecule has 0 aromatic heterocycles. The molecule has 3 aliphatic carbocycles. The lowest BCUT2D eigenvalue weighted by Crippen LogP contribution is -2.82. The summed E-state index contributed by atoms with van der Waals surface area (Å²) in [6, 6.07) is 28.5.